The molecule has 0 aliphatic rings. The largest absolute Gasteiger partial charge is 0.264 e. The van der Waals surface area contributed by atoms with E-state index in [0.717, 1.165) is 18.2 Å². The lowest BCUT2D eigenvalue weighted by Gasteiger charge is -2.06. The Labute approximate surface area is 119 Å². The predicted octanol–water partition coefficient (Wildman–Crippen LogP) is 2.75. The summed E-state index contributed by atoms with van der Waals surface area (Å²) in [7, 11) is 1.39. The van der Waals surface area contributed by atoms with Crippen LogP contribution in [0.3, 0.4) is 0 Å². The van der Waals surface area contributed by atoms with Crippen LogP contribution in [0.4, 0.5) is 8.78 Å². The average molecular weight is 321 g/mol. The van der Waals surface area contributed by atoms with Gasteiger partial charge in [-0.1, -0.05) is 0 Å². The molecule has 0 unspecified atom stereocenters. The molecule has 0 N–H and O–H groups in total. The van der Waals surface area contributed by atoms with Crippen LogP contribution in [0.15, 0.2) is 23.1 Å². The van der Waals surface area contributed by atoms with Gasteiger partial charge in [0, 0.05) is 16.2 Å². The first-order valence-electron chi connectivity index (χ1n) is 5.62. The van der Waals surface area contributed by atoms with E-state index in [2.05, 4.69) is 5.10 Å². The molecular weight excluding hydrogens is 310 g/mol. The zero-order chi connectivity index (χ0) is 15.1. The fraction of sp³-hybridized carbons (Fsp3) is 0.250. The first kappa shape index (κ1) is 14.9. The topological polar surface area (TPSA) is 52.0 Å². The molecule has 0 spiro atoms. The number of benzene rings is 1. The second kappa shape index (κ2) is 5.14. The zero-order valence-corrected chi connectivity index (χ0v) is 12.3. The molecule has 0 saturated heterocycles. The van der Waals surface area contributed by atoms with Gasteiger partial charge in [0.25, 0.3) is 9.05 Å². The molecule has 0 radical (unpaired) electrons. The van der Waals surface area contributed by atoms with E-state index in [1.165, 1.54) is 18.5 Å². The Morgan fingerprint density at radius 3 is 2.50 bits per heavy atom. The first-order chi connectivity index (χ1) is 9.20. The van der Waals surface area contributed by atoms with E-state index < -0.39 is 20.7 Å². The number of rotatable bonds is 3. The molecular formula is C12H11ClF2N2O2S. The number of hydrogen-bond donors (Lipinski definition) is 0. The van der Waals surface area contributed by atoms with Gasteiger partial charge in [-0.05, 0) is 32.0 Å². The quantitative estimate of drug-likeness (QED) is 0.817. The fourth-order valence-electron chi connectivity index (χ4n) is 2.01. The third-order valence-corrected chi connectivity index (χ3v) is 4.43. The van der Waals surface area contributed by atoms with Crippen LogP contribution in [-0.2, 0) is 15.6 Å². The van der Waals surface area contributed by atoms with Gasteiger partial charge in [-0.25, -0.2) is 17.2 Å². The molecule has 0 aliphatic carbocycles. The highest BCUT2D eigenvalue weighted by Crippen LogP contribution is 2.24. The third kappa shape index (κ3) is 2.83. The highest BCUT2D eigenvalue weighted by Gasteiger charge is 2.22. The Hall–Kier alpha value is -1.47. The smallest absolute Gasteiger partial charge is 0.264 e. The summed E-state index contributed by atoms with van der Waals surface area (Å²) in [5.41, 5.74) is 0.574. The Morgan fingerprint density at radius 2 is 1.95 bits per heavy atom. The minimum Gasteiger partial charge on any atom is -0.264 e. The highest BCUT2D eigenvalue weighted by atomic mass is 35.7. The van der Waals surface area contributed by atoms with E-state index >= 15 is 0 Å². The van der Waals surface area contributed by atoms with Crippen LogP contribution >= 0.6 is 10.7 Å². The predicted molar refractivity (Wildman–Crippen MR) is 70.2 cm³/mol. The van der Waals surface area contributed by atoms with Crippen molar-refractivity contribution in [1.29, 1.82) is 0 Å². The second-order valence-corrected chi connectivity index (χ2v) is 6.83. The molecule has 108 valence electrons. The van der Waals surface area contributed by atoms with Gasteiger partial charge in [0.15, 0.2) is 0 Å². The second-order valence-electron chi connectivity index (χ2n) is 4.33. The number of aryl methyl sites for hydroxylation is 1. The molecule has 1 aromatic carbocycles. The molecule has 20 heavy (non-hydrogen) atoms. The molecule has 1 heterocycles. The van der Waals surface area contributed by atoms with E-state index in [-0.39, 0.29) is 28.4 Å². The summed E-state index contributed by atoms with van der Waals surface area (Å²) in [5, 5.41) is 4.01. The first-order valence-corrected chi connectivity index (χ1v) is 7.93. The van der Waals surface area contributed by atoms with E-state index in [1.54, 1.807) is 0 Å². The average Bonchev–Trinajstić information content (AvgIpc) is 2.58. The molecule has 2 rings (SSSR count). The SMILES string of the molecule is Cc1nn(Cc2cc(F)ccc2F)c(C)c1S(=O)(=O)Cl. The Bertz CT molecular complexity index is 772. The van der Waals surface area contributed by atoms with Crippen LogP contribution in [-0.4, -0.2) is 18.2 Å². The van der Waals surface area contributed by atoms with Crippen LogP contribution in [0.5, 0.6) is 0 Å². The van der Waals surface area contributed by atoms with Crippen molar-refractivity contribution in [2.75, 3.05) is 0 Å². The lowest BCUT2D eigenvalue weighted by Crippen LogP contribution is -2.07. The van der Waals surface area contributed by atoms with Crippen molar-refractivity contribution in [2.45, 2.75) is 25.3 Å². The molecule has 0 atom stereocenters. The van der Waals surface area contributed by atoms with Crippen molar-refractivity contribution in [1.82, 2.24) is 9.78 Å². The Kier molecular flexibility index (Phi) is 3.84. The van der Waals surface area contributed by atoms with Gasteiger partial charge >= 0.3 is 0 Å². The van der Waals surface area contributed by atoms with E-state index in [0.29, 0.717) is 0 Å². The molecule has 0 bridgehead atoms. The van der Waals surface area contributed by atoms with Crippen molar-refractivity contribution in [2.24, 2.45) is 0 Å². The minimum absolute atomic E-state index is 0.0779. The summed E-state index contributed by atoms with van der Waals surface area (Å²) in [6, 6.07) is 3.06. The summed E-state index contributed by atoms with van der Waals surface area (Å²) in [4.78, 5) is -0.101. The summed E-state index contributed by atoms with van der Waals surface area (Å²) >= 11 is 0. The van der Waals surface area contributed by atoms with Crippen LogP contribution in [0, 0.1) is 25.5 Å². The van der Waals surface area contributed by atoms with Gasteiger partial charge in [-0.2, -0.15) is 5.10 Å². The normalized spacial score (nSPS) is 11.8. The van der Waals surface area contributed by atoms with Crippen molar-refractivity contribution in [3.05, 3.63) is 46.8 Å². The third-order valence-electron chi connectivity index (χ3n) is 2.89. The summed E-state index contributed by atoms with van der Waals surface area (Å²) < 4.78 is 50.8. The Balaban J connectivity index is 2.48. The molecule has 0 saturated carbocycles. The monoisotopic (exact) mass is 320 g/mol. The minimum atomic E-state index is -3.93. The Morgan fingerprint density at radius 1 is 1.30 bits per heavy atom. The van der Waals surface area contributed by atoms with Gasteiger partial charge in [-0.15, -0.1) is 0 Å². The number of halogens is 3. The fourth-order valence-corrected chi connectivity index (χ4v) is 3.53. The maximum absolute atomic E-state index is 13.6. The van der Waals surface area contributed by atoms with Crippen molar-refractivity contribution >= 4 is 19.7 Å². The molecule has 0 fully saturated rings. The van der Waals surface area contributed by atoms with Gasteiger partial charge in [0.05, 0.1) is 17.9 Å². The maximum Gasteiger partial charge on any atom is 0.264 e. The highest BCUT2D eigenvalue weighted by molar-refractivity contribution is 8.13. The van der Waals surface area contributed by atoms with Crippen molar-refractivity contribution < 1.29 is 17.2 Å². The molecule has 0 amide bonds. The zero-order valence-electron chi connectivity index (χ0n) is 10.7. The van der Waals surface area contributed by atoms with Crippen molar-refractivity contribution in [3.63, 3.8) is 0 Å². The van der Waals surface area contributed by atoms with Crippen LogP contribution < -0.4 is 0 Å². The summed E-state index contributed by atoms with van der Waals surface area (Å²) in [6.07, 6.45) is 0. The van der Waals surface area contributed by atoms with Crippen molar-refractivity contribution in [3.8, 4) is 0 Å². The molecule has 2 aromatic rings. The van der Waals surface area contributed by atoms with Gasteiger partial charge < -0.3 is 0 Å². The van der Waals surface area contributed by atoms with Gasteiger partial charge in [0.2, 0.25) is 0 Å². The number of hydrogen-bond acceptors (Lipinski definition) is 3. The van der Waals surface area contributed by atoms with Gasteiger partial charge in [-0.3, -0.25) is 4.68 Å². The number of aromatic nitrogens is 2. The molecule has 0 aliphatic heterocycles. The van der Waals surface area contributed by atoms with Gasteiger partial charge in [0.1, 0.15) is 16.5 Å². The number of nitrogens with zero attached hydrogens (tertiary/aromatic N) is 2. The molecule has 1 aromatic heterocycles. The van der Waals surface area contributed by atoms with E-state index in [9.17, 15) is 17.2 Å². The summed E-state index contributed by atoms with van der Waals surface area (Å²) in [5.74, 6) is -1.16. The lowest BCUT2D eigenvalue weighted by molar-refractivity contribution is 0.561. The summed E-state index contributed by atoms with van der Waals surface area (Å²) in [6.45, 7) is 2.91. The standard InChI is InChI=1S/C12H11ClF2N2O2S/c1-7-12(20(13,18)19)8(2)17(16-7)6-9-5-10(14)3-4-11(9)15/h3-5H,6H2,1-2H3. The van der Waals surface area contributed by atoms with Crippen LogP contribution in [0.25, 0.3) is 0 Å². The molecule has 4 nitrogen and oxygen atoms in total. The maximum atomic E-state index is 13.6. The van der Waals surface area contributed by atoms with E-state index in [1.807, 2.05) is 0 Å². The van der Waals surface area contributed by atoms with E-state index in [4.69, 9.17) is 10.7 Å². The lowest BCUT2D eigenvalue weighted by atomic mass is 10.2. The van der Waals surface area contributed by atoms with Crippen LogP contribution in [0.1, 0.15) is 17.0 Å². The van der Waals surface area contributed by atoms with Crippen LogP contribution in [0.2, 0.25) is 0 Å². The molecule has 8 heteroatoms.